The molecule has 0 saturated heterocycles. The highest BCUT2D eigenvalue weighted by Gasteiger charge is 2.29. The van der Waals surface area contributed by atoms with Crippen LogP contribution in [-0.2, 0) is 0 Å². The van der Waals surface area contributed by atoms with Gasteiger partial charge in [0, 0.05) is 0 Å². The largest absolute Gasteiger partial charge is 0.201 e. The molecule has 0 amide bonds. The number of hydrogen-bond acceptors (Lipinski definition) is 1. The summed E-state index contributed by atoms with van der Waals surface area (Å²) in [5, 5.41) is -2.18. The molecule has 0 spiro atoms. The maximum absolute atomic E-state index is 12.4. The average Bonchev–Trinajstić information content (AvgIpc) is 2.11. The first-order valence-electron chi connectivity index (χ1n) is 3.01. The van der Waals surface area contributed by atoms with Crippen LogP contribution in [0.15, 0.2) is 0 Å². The van der Waals surface area contributed by atoms with Crippen LogP contribution in [0.3, 0.4) is 0 Å². The molecule has 0 atom stereocenters. The molecule has 8 heteroatoms. The first kappa shape index (κ1) is 10.6. The van der Waals surface area contributed by atoms with Gasteiger partial charge in [0.1, 0.15) is 0 Å². The second-order valence-electron chi connectivity index (χ2n) is 2.15. The zero-order valence-electron chi connectivity index (χ0n) is 6.09. The molecular weight excluding hydrogens is 219 g/mol. The van der Waals surface area contributed by atoms with Gasteiger partial charge in [0.2, 0.25) is 5.82 Å². The molecule has 0 unspecified atom stereocenters. The summed E-state index contributed by atoms with van der Waals surface area (Å²) in [5.74, 6) is -12.5. The fourth-order valence-corrected chi connectivity index (χ4v) is 0.742. The molecule has 1 nitrogen and oxygen atoms in total. The second-order valence-corrected chi connectivity index (χ2v) is 2.15. The van der Waals surface area contributed by atoms with Gasteiger partial charge in [-0.15, -0.1) is 0 Å². The van der Waals surface area contributed by atoms with E-state index >= 15 is 0 Å². The average molecular weight is 219 g/mol. The fraction of sp³-hybridized carbons (Fsp3) is 0. The Hall–Kier alpha value is -1.47. The summed E-state index contributed by atoms with van der Waals surface area (Å²) in [5.41, 5.74) is -2.28. The topological polar surface area (TPSA) is 3.24 Å². The molecule has 0 fully saturated rings. The quantitative estimate of drug-likeness (QED) is 0.304. The van der Waals surface area contributed by atoms with E-state index in [4.69, 9.17) is 0 Å². The first-order valence-corrected chi connectivity index (χ1v) is 3.01. The van der Waals surface area contributed by atoms with Gasteiger partial charge in [0.05, 0.1) is 0 Å². The van der Waals surface area contributed by atoms with Crippen LogP contribution in [0.2, 0.25) is 0 Å². The van der Waals surface area contributed by atoms with Crippen molar-refractivity contribution in [1.29, 1.82) is 0 Å². The summed E-state index contributed by atoms with van der Waals surface area (Å²) in [4.78, 5) is 0. The minimum absolute atomic E-state index is 2.18. The SMILES string of the molecule is Fc1c(F)c(F)c(N(F)F)c(F)c1F. The summed E-state index contributed by atoms with van der Waals surface area (Å²) in [6.45, 7) is 0. The molecule has 0 aliphatic rings. The van der Waals surface area contributed by atoms with Gasteiger partial charge in [-0.3, -0.25) is 0 Å². The number of rotatable bonds is 1. The number of nitrogens with zero attached hydrogens (tertiary/aromatic N) is 1. The van der Waals surface area contributed by atoms with Crippen molar-refractivity contribution in [3.05, 3.63) is 29.1 Å². The van der Waals surface area contributed by atoms with Crippen molar-refractivity contribution in [2.45, 2.75) is 0 Å². The lowest BCUT2D eigenvalue weighted by Crippen LogP contribution is -2.09. The lowest BCUT2D eigenvalue weighted by Gasteiger charge is -2.07. The van der Waals surface area contributed by atoms with Crippen LogP contribution in [0.25, 0.3) is 0 Å². The van der Waals surface area contributed by atoms with Crippen LogP contribution in [0.4, 0.5) is 36.6 Å². The van der Waals surface area contributed by atoms with Gasteiger partial charge in [0.15, 0.2) is 29.0 Å². The third kappa shape index (κ3) is 1.36. The van der Waals surface area contributed by atoms with E-state index in [1.807, 2.05) is 0 Å². The molecule has 0 radical (unpaired) electrons. The first-order chi connectivity index (χ1) is 6.37. The van der Waals surface area contributed by atoms with Crippen molar-refractivity contribution >= 4 is 5.69 Å². The van der Waals surface area contributed by atoms with Gasteiger partial charge in [-0.25, -0.2) is 22.0 Å². The molecule has 0 aliphatic carbocycles. The summed E-state index contributed by atoms with van der Waals surface area (Å²) >= 11 is 0. The molecule has 0 aromatic heterocycles. The van der Waals surface area contributed by atoms with Crippen molar-refractivity contribution in [2.75, 3.05) is 5.34 Å². The second kappa shape index (κ2) is 3.35. The Morgan fingerprint density at radius 1 is 0.571 bits per heavy atom. The number of anilines is 1. The predicted octanol–water partition coefficient (Wildman–Crippen LogP) is 2.96. The smallest absolute Gasteiger partial charge is 0.200 e. The maximum atomic E-state index is 12.4. The molecule has 0 N–H and O–H groups in total. The summed E-state index contributed by atoms with van der Waals surface area (Å²) < 4.78 is 84.9. The summed E-state index contributed by atoms with van der Waals surface area (Å²) in [6.07, 6.45) is 0. The Bertz CT molecular complexity index is 346. The fourth-order valence-electron chi connectivity index (χ4n) is 0.742. The van der Waals surface area contributed by atoms with E-state index in [0.29, 0.717) is 0 Å². The van der Waals surface area contributed by atoms with Crippen LogP contribution in [0.5, 0.6) is 0 Å². The number of halogens is 7. The standard InChI is InChI=1S/C6F7N/c7-1-2(8)4(10)6(14(12)13)5(11)3(1)9. The van der Waals surface area contributed by atoms with Crippen molar-refractivity contribution in [3.63, 3.8) is 0 Å². The lowest BCUT2D eigenvalue weighted by molar-refractivity contribution is 0.221. The molecule has 0 aliphatic heterocycles. The summed E-state index contributed by atoms with van der Waals surface area (Å²) in [6, 6.07) is 0. The van der Waals surface area contributed by atoms with E-state index in [-0.39, 0.29) is 0 Å². The van der Waals surface area contributed by atoms with Crippen molar-refractivity contribution in [3.8, 4) is 0 Å². The predicted molar refractivity (Wildman–Crippen MR) is 30.9 cm³/mol. The molecular formula is C6F7N. The van der Waals surface area contributed by atoms with E-state index in [1.54, 1.807) is 0 Å². The zero-order chi connectivity index (χ0) is 11.0. The highest BCUT2D eigenvalue weighted by molar-refractivity contribution is 5.46. The van der Waals surface area contributed by atoms with Crippen molar-refractivity contribution in [1.82, 2.24) is 0 Å². The number of benzene rings is 1. The molecule has 0 heterocycles. The molecule has 0 bridgehead atoms. The van der Waals surface area contributed by atoms with Gasteiger partial charge in [-0.2, -0.15) is 0 Å². The molecule has 14 heavy (non-hydrogen) atoms. The normalized spacial score (nSPS) is 10.5. The van der Waals surface area contributed by atoms with Gasteiger partial charge in [-0.1, -0.05) is 8.96 Å². The van der Waals surface area contributed by atoms with E-state index in [0.717, 1.165) is 0 Å². The van der Waals surface area contributed by atoms with Crippen molar-refractivity contribution in [2.24, 2.45) is 0 Å². The van der Waals surface area contributed by atoms with E-state index in [1.165, 1.54) is 0 Å². The Labute approximate surface area is 72.2 Å². The Morgan fingerprint density at radius 2 is 0.857 bits per heavy atom. The van der Waals surface area contributed by atoms with Crippen LogP contribution in [-0.4, -0.2) is 0 Å². The molecule has 1 rings (SSSR count). The zero-order valence-corrected chi connectivity index (χ0v) is 6.09. The van der Waals surface area contributed by atoms with E-state index in [2.05, 4.69) is 0 Å². The molecule has 1 aromatic rings. The van der Waals surface area contributed by atoms with Crippen molar-refractivity contribution < 1.29 is 30.9 Å². The molecule has 78 valence electrons. The van der Waals surface area contributed by atoms with E-state index < -0.39 is 40.1 Å². The van der Waals surface area contributed by atoms with Gasteiger partial charge in [0.25, 0.3) is 0 Å². The lowest BCUT2D eigenvalue weighted by atomic mass is 10.2. The molecule has 1 aromatic carbocycles. The Kier molecular flexibility index (Phi) is 2.54. The van der Waals surface area contributed by atoms with Crippen LogP contribution >= 0.6 is 0 Å². The summed E-state index contributed by atoms with van der Waals surface area (Å²) in [7, 11) is 0. The Balaban J connectivity index is 3.60. The van der Waals surface area contributed by atoms with Crippen LogP contribution in [0.1, 0.15) is 0 Å². The highest BCUT2D eigenvalue weighted by atomic mass is 19.4. The monoisotopic (exact) mass is 219 g/mol. The van der Waals surface area contributed by atoms with Gasteiger partial charge in [-0.05, 0) is 5.34 Å². The maximum Gasteiger partial charge on any atom is 0.200 e. The van der Waals surface area contributed by atoms with Crippen LogP contribution in [0, 0.1) is 29.1 Å². The Morgan fingerprint density at radius 3 is 1.14 bits per heavy atom. The van der Waals surface area contributed by atoms with Crippen LogP contribution < -0.4 is 5.34 Å². The highest BCUT2D eigenvalue weighted by Crippen LogP contribution is 2.30. The van der Waals surface area contributed by atoms with E-state index in [9.17, 15) is 30.9 Å². The van der Waals surface area contributed by atoms with Gasteiger partial charge < -0.3 is 0 Å². The minimum Gasteiger partial charge on any atom is -0.201 e. The number of hydrogen-bond donors (Lipinski definition) is 0. The molecule has 0 saturated carbocycles. The van der Waals surface area contributed by atoms with Gasteiger partial charge >= 0.3 is 0 Å². The minimum atomic E-state index is -2.50. The third-order valence-electron chi connectivity index (χ3n) is 1.36. The third-order valence-corrected chi connectivity index (χ3v) is 1.36.